The zero-order chi connectivity index (χ0) is 29.6. The molecule has 8 nitrogen and oxygen atoms in total. The first-order valence-corrected chi connectivity index (χ1v) is 15.3. The molecule has 3 unspecified atom stereocenters. The van der Waals surface area contributed by atoms with Gasteiger partial charge in [-0.1, -0.05) is 18.2 Å². The first-order chi connectivity index (χ1) is 20.8. The van der Waals surface area contributed by atoms with Crippen molar-refractivity contribution in [1.29, 1.82) is 0 Å². The fraction of sp³-hybridized carbons (Fsp3) is 0.343. The van der Waals surface area contributed by atoms with Crippen molar-refractivity contribution in [1.82, 2.24) is 14.5 Å². The number of aromatic nitrogens is 2. The molecule has 4 N–H and O–H groups in total. The van der Waals surface area contributed by atoms with E-state index in [1.165, 1.54) is 12.8 Å². The van der Waals surface area contributed by atoms with E-state index in [0.717, 1.165) is 81.5 Å². The Bertz CT molecular complexity index is 1970. The van der Waals surface area contributed by atoms with Gasteiger partial charge in [-0.2, -0.15) is 0 Å². The van der Waals surface area contributed by atoms with Crippen molar-refractivity contribution in [3.8, 4) is 22.6 Å². The number of furan rings is 1. The average molecular weight is 574 g/mol. The molecule has 3 aliphatic rings. The van der Waals surface area contributed by atoms with Crippen LogP contribution in [0, 0.1) is 25.7 Å². The van der Waals surface area contributed by atoms with Crippen molar-refractivity contribution in [2.75, 3.05) is 6.54 Å². The van der Waals surface area contributed by atoms with Gasteiger partial charge in [-0.25, -0.2) is 0 Å². The van der Waals surface area contributed by atoms with E-state index >= 15 is 0 Å². The second-order valence-electron chi connectivity index (χ2n) is 12.8. The number of fused-ring (bicyclic) bond motifs is 4. The number of hydrogen-bond donors (Lipinski definition) is 2. The van der Waals surface area contributed by atoms with Gasteiger partial charge in [-0.15, -0.1) is 0 Å². The Labute approximate surface area is 249 Å². The maximum Gasteiger partial charge on any atom is 0.267 e. The van der Waals surface area contributed by atoms with Gasteiger partial charge in [0.25, 0.3) is 11.8 Å². The zero-order valence-electron chi connectivity index (χ0n) is 24.5. The Hall–Kier alpha value is -4.43. The molecule has 2 aliphatic carbocycles. The third kappa shape index (κ3) is 4.19. The number of likely N-dealkylation sites (tertiary alicyclic amines) is 1. The predicted molar refractivity (Wildman–Crippen MR) is 167 cm³/mol. The number of benzene rings is 2. The van der Waals surface area contributed by atoms with Crippen LogP contribution in [-0.2, 0) is 6.54 Å². The van der Waals surface area contributed by atoms with E-state index in [1.807, 2.05) is 36.1 Å². The molecule has 3 atom stereocenters. The molecule has 0 radical (unpaired) electrons. The number of primary amides is 1. The Morgan fingerprint density at radius 2 is 1.84 bits per heavy atom. The summed E-state index contributed by atoms with van der Waals surface area (Å²) in [5.74, 6) is 1.42. The molecular weight excluding hydrogens is 538 g/mol. The standard InChI is InChI=1S/C35H35N5O3/c1-18-11-25(15-38-32(18)34(37)41)21-5-6-22-13-29(39(28(22)12-21)16-20-3-4-20)33-19(2)26-9-7-23(14-30(26)43-33)35(42)40-17-24-8-10-27(40)31(24)36/h5-7,9,11-15,20,24,27,31H,3-4,8,10,16-17,36H2,1-2H3,(H2,37,41). The third-order valence-electron chi connectivity index (χ3n) is 10.0. The van der Waals surface area contributed by atoms with Crippen LogP contribution in [0.3, 0.4) is 0 Å². The van der Waals surface area contributed by atoms with Gasteiger partial charge in [-0.3, -0.25) is 14.6 Å². The molecule has 1 saturated heterocycles. The molecule has 2 bridgehead atoms. The average Bonchev–Trinajstić information content (AvgIpc) is 3.41. The molecule has 8 heteroatoms. The van der Waals surface area contributed by atoms with Crippen LogP contribution < -0.4 is 11.5 Å². The van der Waals surface area contributed by atoms with Crippen molar-refractivity contribution < 1.29 is 14.0 Å². The number of nitrogens with two attached hydrogens (primary N) is 2. The van der Waals surface area contributed by atoms with Crippen LogP contribution in [0.4, 0.5) is 0 Å². The van der Waals surface area contributed by atoms with E-state index in [1.54, 1.807) is 6.20 Å². The van der Waals surface area contributed by atoms with Gasteiger partial charge >= 0.3 is 0 Å². The quantitative estimate of drug-likeness (QED) is 0.266. The molecule has 3 aromatic heterocycles. The molecule has 2 amide bonds. The van der Waals surface area contributed by atoms with E-state index in [9.17, 15) is 9.59 Å². The van der Waals surface area contributed by atoms with Crippen molar-refractivity contribution in [3.05, 3.63) is 77.1 Å². The Kier molecular flexibility index (Phi) is 5.82. The van der Waals surface area contributed by atoms with E-state index in [4.69, 9.17) is 15.9 Å². The van der Waals surface area contributed by atoms with Crippen LogP contribution >= 0.6 is 0 Å². The minimum absolute atomic E-state index is 0.0455. The molecule has 43 heavy (non-hydrogen) atoms. The molecule has 4 heterocycles. The lowest BCUT2D eigenvalue weighted by molar-refractivity contribution is 0.0700. The molecule has 5 aromatic rings. The van der Waals surface area contributed by atoms with Crippen molar-refractivity contribution >= 4 is 33.7 Å². The number of rotatable bonds is 6. The van der Waals surface area contributed by atoms with Crippen molar-refractivity contribution in [3.63, 3.8) is 0 Å². The predicted octanol–water partition coefficient (Wildman–Crippen LogP) is 5.80. The van der Waals surface area contributed by atoms with Crippen LogP contribution in [0.15, 0.2) is 59.1 Å². The number of aryl methyl sites for hydroxylation is 2. The van der Waals surface area contributed by atoms with E-state index in [0.29, 0.717) is 23.1 Å². The SMILES string of the molecule is Cc1cc(-c2ccc3cc(-c4oc5cc(C(=O)N6CC7CCC6C7N)ccc5c4C)n(CC4CC4)c3c2)cnc1C(N)=O. The first-order valence-electron chi connectivity index (χ1n) is 15.3. The lowest BCUT2D eigenvalue weighted by Crippen LogP contribution is -2.41. The topological polar surface area (TPSA) is 120 Å². The van der Waals surface area contributed by atoms with Gasteiger partial charge in [0.1, 0.15) is 11.3 Å². The molecule has 3 fully saturated rings. The van der Waals surface area contributed by atoms with Crippen LogP contribution in [-0.4, -0.2) is 44.9 Å². The highest BCUT2D eigenvalue weighted by atomic mass is 16.3. The molecule has 8 rings (SSSR count). The summed E-state index contributed by atoms with van der Waals surface area (Å²) in [6.45, 7) is 5.62. The van der Waals surface area contributed by atoms with Crippen LogP contribution in [0.5, 0.6) is 0 Å². The largest absolute Gasteiger partial charge is 0.454 e. The van der Waals surface area contributed by atoms with Crippen LogP contribution in [0.1, 0.15) is 57.7 Å². The van der Waals surface area contributed by atoms with Crippen molar-refractivity contribution in [2.24, 2.45) is 23.3 Å². The maximum atomic E-state index is 13.5. The summed E-state index contributed by atoms with van der Waals surface area (Å²) in [6.07, 6.45) is 6.27. The van der Waals surface area contributed by atoms with Gasteiger partial charge in [-0.05, 0) is 92.8 Å². The second-order valence-corrected chi connectivity index (χ2v) is 12.8. The number of pyridine rings is 1. The van der Waals surface area contributed by atoms with Crippen LogP contribution in [0.25, 0.3) is 44.5 Å². The molecule has 1 aliphatic heterocycles. The van der Waals surface area contributed by atoms with E-state index < -0.39 is 5.91 Å². The molecular formula is C35H35N5O3. The number of hydrogen-bond acceptors (Lipinski definition) is 5. The highest BCUT2D eigenvalue weighted by molar-refractivity contribution is 6.00. The third-order valence-corrected chi connectivity index (χ3v) is 10.0. The Morgan fingerprint density at radius 1 is 1.00 bits per heavy atom. The summed E-state index contributed by atoms with van der Waals surface area (Å²) < 4.78 is 8.97. The minimum Gasteiger partial charge on any atom is -0.454 e. The summed E-state index contributed by atoms with van der Waals surface area (Å²) in [5.41, 5.74) is 19.5. The highest BCUT2D eigenvalue weighted by Crippen LogP contribution is 2.41. The maximum absolute atomic E-state index is 13.5. The number of piperidine rings is 1. The van der Waals surface area contributed by atoms with Gasteiger partial charge < -0.3 is 25.4 Å². The fourth-order valence-corrected chi connectivity index (χ4v) is 7.42. The lowest BCUT2D eigenvalue weighted by atomic mass is 10.0. The highest BCUT2D eigenvalue weighted by Gasteiger charge is 2.46. The Balaban J connectivity index is 1.19. The summed E-state index contributed by atoms with van der Waals surface area (Å²) in [4.78, 5) is 31.5. The number of carbonyl (C=O) groups is 2. The normalized spacial score (nSPS) is 21.4. The second kappa shape index (κ2) is 9.54. The number of nitrogens with zero attached hydrogens (tertiary/aromatic N) is 3. The molecule has 218 valence electrons. The van der Waals surface area contributed by atoms with Gasteiger partial charge in [0.15, 0.2) is 5.76 Å². The lowest BCUT2D eigenvalue weighted by Gasteiger charge is -2.27. The number of amides is 2. The monoisotopic (exact) mass is 573 g/mol. The molecule has 2 aromatic carbocycles. The zero-order valence-corrected chi connectivity index (χ0v) is 24.5. The summed E-state index contributed by atoms with van der Waals surface area (Å²) in [5, 5.41) is 2.15. The summed E-state index contributed by atoms with van der Waals surface area (Å²) in [6, 6.07) is 16.7. The van der Waals surface area contributed by atoms with Gasteiger partial charge in [0.05, 0.1) is 5.69 Å². The molecule has 0 spiro atoms. The summed E-state index contributed by atoms with van der Waals surface area (Å²) in [7, 11) is 0. The fourth-order valence-electron chi connectivity index (χ4n) is 7.42. The van der Waals surface area contributed by atoms with Gasteiger partial charge in [0.2, 0.25) is 0 Å². The van der Waals surface area contributed by atoms with Crippen molar-refractivity contribution in [2.45, 2.75) is 58.2 Å². The minimum atomic E-state index is -0.521. The van der Waals surface area contributed by atoms with Crippen LogP contribution in [0.2, 0.25) is 0 Å². The molecule has 2 saturated carbocycles. The summed E-state index contributed by atoms with van der Waals surface area (Å²) >= 11 is 0. The van der Waals surface area contributed by atoms with E-state index in [-0.39, 0.29) is 18.0 Å². The van der Waals surface area contributed by atoms with Gasteiger partial charge in [0, 0.05) is 64.3 Å². The van der Waals surface area contributed by atoms with E-state index in [2.05, 4.69) is 40.7 Å². The number of carbonyl (C=O) groups excluding carboxylic acids is 2. The Morgan fingerprint density at radius 3 is 2.53 bits per heavy atom. The first kappa shape index (κ1) is 26.2. The smallest absolute Gasteiger partial charge is 0.267 e.